The molecule has 1 aliphatic heterocycles. The number of thiophene rings is 1. The standard InChI is InChI=1S/C14H20N2O2S/c1-5-14(4)13(18)16(10(3)12(17)15-14)6-11-8-19-7-9(11)2/h7-8,10H,5-6H2,1-4H3,(H,15,17). The maximum atomic E-state index is 12.6. The number of aryl methyl sites for hydroxylation is 1. The van der Waals surface area contributed by atoms with Crippen molar-refractivity contribution < 1.29 is 9.59 Å². The lowest BCUT2D eigenvalue weighted by Crippen LogP contribution is -2.68. The number of rotatable bonds is 3. The summed E-state index contributed by atoms with van der Waals surface area (Å²) >= 11 is 1.63. The van der Waals surface area contributed by atoms with Crippen molar-refractivity contribution in [3.63, 3.8) is 0 Å². The van der Waals surface area contributed by atoms with Gasteiger partial charge in [-0.3, -0.25) is 9.59 Å². The molecule has 0 spiro atoms. The third-order valence-electron chi connectivity index (χ3n) is 3.99. The van der Waals surface area contributed by atoms with Crippen LogP contribution in [0.3, 0.4) is 0 Å². The van der Waals surface area contributed by atoms with Crippen molar-refractivity contribution in [3.05, 3.63) is 21.9 Å². The SMILES string of the molecule is CCC1(C)NC(=O)C(C)N(Cc2cscc2C)C1=O. The Morgan fingerprint density at radius 2 is 2.11 bits per heavy atom. The van der Waals surface area contributed by atoms with Crippen molar-refractivity contribution in [3.8, 4) is 0 Å². The fourth-order valence-corrected chi connectivity index (χ4v) is 3.09. The summed E-state index contributed by atoms with van der Waals surface area (Å²) in [6, 6.07) is -0.411. The Labute approximate surface area is 117 Å². The quantitative estimate of drug-likeness (QED) is 0.921. The zero-order valence-corrected chi connectivity index (χ0v) is 12.6. The summed E-state index contributed by atoms with van der Waals surface area (Å²) in [5, 5.41) is 6.95. The van der Waals surface area contributed by atoms with E-state index in [-0.39, 0.29) is 11.8 Å². The van der Waals surface area contributed by atoms with Gasteiger partial charge in [0.05, 0.1) is 0 Å². The smallest absolute Gasteiger partial charge is 0.249 e. The molecule has 104 valence electrons. The molecule has 0 radical (unpaired) electrons. The van der Waals surface area contributed by atoms with Gasteiger partial charge in [-0.25, -0.2) is 0 Å². The van der Waals surface area contributed by atoms with E-state index in [0.29, 0.717) is 13.0 Å². The van der Waals surface area contributed by atoms with Crippen molar-refractivity contribution in [1.82, 2.24) is 10.2 Å². The number of carbonyl (C=O) groups excluding carboxylic acids is 2. The van der Waals surface area contributed by atoms with Gasteiger partial charge in [-0.05, 0) is 49.1 Å². The second kappa shape index (κ2) is 4.96. The second-order valence-corrected chi connectivity index (χ2v) is 6.11. The van der Waals surface area contributed by atoms with Crippen LogP contribution in [0.5, 0.6) is 0 Å². The van der Waals surface area contributed by atoms with Crippen LogP contribution in [0.2, 0.25) is 0 Å². The van der Waals surface area contributed by atoms with E-state index in [0.717, 1.165) is 5.56 Å². The minimum absolute atomic E-state index is 0.00713. The van der Waals surface area contributed by atoms with Crippen molar-refractivity contribution in [2.45, 2.75) is 52.2 Å². The van der Waals surface area contributed by atoms with E-state index < -0.39 is 11.6 Å². The van der Waals surface area contributed by atoms with Gasteiger partial charge in [0.1, 0.15) is 11.6 Å². The molecule has 1 aromatic rings. The number of hydrogen-bond acceptors (Lipinski definition) is 3. The van der Waals surface area contributed by atoms with E-state index in [2.05, 4.69) is 10.7 Å². The van der Waals surface area contributed by atoms with E-state index in [1.165, 1.54) is 5.56 Å². The van der Waals surface area contributed by atoms with Crippen LogP contribution < -0.4 is 5.32 Å². The van der Waals surface area contributed by atoms with Gasteiger partial charge in [-0.1, -0.05) is 6.92 Å². The summed E-state index contributed by atoms with van der Waals surface area (Å²) in [4.78, 5) is 26.3. The zero-order chi connectivity index (χ0) is 14.2. The maximum Gasteiger partial charge on any atom is 0.249 e. The Morgan fingerprint density at radius 1 is 1.42 bits per heavy atom. The average Bonchev–Trinajstić information content (AvgIpc) is 2.78. The summed E-state index contributed by atoms with van der Waals surface area (Å²) in [6.45, 7) is 8.04. The molecule has 2 rings (SSSR count). The maximum absolute atomic E-state index is 12.6. The molecule has 19 heavy (non-hydrogen) atoms. The number of carbonyl (C=O) groups is 2. The number of nitrogens with zero attached hydrogens (tertiary/aromatic N) is 1. The highest BCUT2D eigenvalue weighted by Gasteiger charge is 2.45. The summed E-state index contributed by atoms with van der Waals surface area (Å²) in [6.07, 6.45) is 0.601. The zero-order valence-electron chi connectivity index (χ0n) is 11.8. The van der Waals surface area contributed by atoms with Crippen molar-refractivity contribution in [2.24, 2.45) is 0 Å². The Bertz CT molecular complexity index is 511. The highest BCUT2D eigenvalue weighted by atomic mass is 32.1. The molecule has 2 heterocycles. The third-order valence-corrected chi connectivity index (χ3v) is 4.90. The molecule has 0 aliphatic carbocycles. The van der Waals surface area contributed by atoms with Gasteiger partial charge in [0, 0.05) is 6.54 Å². The predicted octanol–water partition coefficient (Wildman–Crippen LogP) is 2.07. The molecule has 1 saturated heterocycles. The Balaban J connectivity index is 2.28. The molecular weight excluding hydrogens is 260 g/mol. The van der Waals surface area contributed by atoms with Gasteiger partial charge in [0.25, 0.3) is 0 Å². The monoisotopic (exact) mass is 280 g/mol. The minimum Gasteiger partial charge on any atom is -0.340 e. The Kier molecular flexibility index (Phi) is 3.67. The van der Waals surface area contributed by atoms with E-state index in [9.17, 15) is 9.59 Å². The first-order valence-electron chi connectivity index (χ1n) is 6.54. The Hall–Kier alpha value is -1.36. The first kappa shape index (κ1) is 14.1. The van der Waals surface area contributed by atoms with E-state index in [1.807, 2.05) is 19.2 Å². The first-order chi connectivity index (χ1) is 8.89. The lowest BCUT2D eigenvalue weighted by atomic mass is 9.92. The first-order valence-corrected chi connectivity index (χ1v) is 7.48. The van der Waals surface area contributed by atoms with Gasteiger partial charge in [-0.2, -0.15) is 11.3 Å². The number of amides is 2. The highest BCUT2D eigenvalue weighted by Crippen LogP contribution is 2.25. The normalized spacial score (nSPS) is 27.6. The molecule has 2 amide bonds. The summed E-state index contributed by atoms with van der Waals surface area (Å²) in [7, 11) is 0. The Morgan fingerprint density at radius 3 is 2.63 bits per heavy atom. The molecule has 1 N–H and O–H groups in total. The fraction of sp³-hybridized carbons (Fsp3) is 0.571. The van der Waals surface area contributed by atoms with Crippen LogP contribution in [0.1, 0.15) is 38.3 Å². The molecule has 1 fully saturated rings. The third kappa shape index (κ3) is 2.39. The van der Waals surface area contributed by atoms with Crippen LogP contribution >= 0.6 is 11.3 Å². The molecule has 0 bridgehead atoms. The van der Waals surface area contributed by atoms with Crippen LogP contribution in [-0.4, -0.2) is 28.3 Å². The summed E-state index contributed by atoms with van der Waals surface area (Å²) in [5.41, 5.74) is 1.53. The van der Waals surface area contributed by atoms with Gasteiger partial charge in [0.2, 0.25) is 11.8 Å². The summed E-state index contributed by atoms with van der Waals surface area (Å²) < 4.78 is 0. The van der Waals surface area contributed by atoms with E-state index in [1.54, 1.807) is 30.1 Å². The second-order valence-electron chi connectivity index (χ2n) is 5.36. The molecule has 4 nitrogen and oxygen atoms in total. The van der Waals surface area contributed by atoms with Crippen molar-refractivity contribution in [2.75, 3.05) is 0 Å². The molecule has 2 unspecified atom stereocenters. The molecule has 2 atom stereocenters. The van der Waals surface area contributed by atoms with Crippen LogP contribution in [-0.2, 0) is 16.1 Å². The largest absolute Gasteiger partial charge is 0.340 e. The molecule has 5 heteroatoms. The van der Waals surface area contributed by atoms with E-state index in [4.69, 9.17) is 0 Å². The van der Waals surface area contributed by atoms with Crippen LogP contribution in [0, 0.1) is 6.92 Å². The van der Waals surface area contributed by atoms with Crippen molar-refractivity contribution in [1.29, 1.82) is 0 Å². The fourth-order valence-electron chi connectivity index (χ4n) is 2.24. The predicted molar refractivity (Wildman–Crippen MR) is 75.9 cm³/mol. The molecule has 1 aromatic heterocycles. The number of hydrogen-bond donors (Lipinski definition) is 1. The average molecular weight is 280 g/mol. The van der Waals surface area contributed by atoms with Crippen LogP contribution in [0.25, 0.3) is 0 Å². The lowest BCUT2D eigenvalue weighted by Gasteiger charge is -2.43. The summed E-state index contributed by atoms with van der Waals surface area (Å²) in [5.74, 6) is -0.0652. The minimum atomic E-state index is -0.770. The van der Waals surface area contributed by atoms with Crippen LogP contribution in [0.15, 0.2) is 10.8 Å². The van der Waals surface area contributed by atoms with Gasteiger partial charge >= 0.3 is 0 Å². The van der Waals surface area contributed by atoms with Gasteiger partial charge < -0.3 is 10.2 Å². The number of nitrogens with one attached hydrogen (secondary N) is 1. The number of piperazine rings is 1. The van der Waals surface area contributed by atoms with E-state index >= 15 is 0 Å². The molecule has 0 saturated carbocycles. The van der Waals surface area contributed by atoms with Gasteiger partial charge in [0.15, 0.2) is 0 Å². The molecule has 1 aliphatic rings. The topological polar surface area (TPSA) is 49.4 Å². The van der Waals surface area contributed by atoms with Crippen LogP contribution in [0.4, 0.5) is 0 Å². The highest BCUT2D eigenvalue weighted by molar-refractivity contribution is 7.08. The molecule has 0 aromatic carbocycles. The molecular formula is C14H20N2O2S. The van der Waals surface area contributed by atoms with Gasteiger partial charge in [-0.15, -0.1) is 0 Å². The lowest BCUT2D eigenvalue weighted by molar-refractivity contribution is -0.154. The van der Waals surface area contributed by atoms with Crippen molar-refractivity contribution >= 4 is 23.2 Å².